The number of hydrogen-bond acceptors (Lipinski definition) is 6. The van der Waals surface area contributed by atoms with Crippen molar-refractivity contribution >= 4 is 23.4 Å². The summed E-state index contributed by atoms with van der Waals surface area (Å²) >= 11 is 1.34. The fraction of sp³-hybridized carbons (Fsp3) is 0.294. The molecule has 0 unspecified atom stereocenters. The molecule has 0 amide bonds. The van der Waals surface area contributed by atoms with E-state index in [4.69, 9.17) is 4.74 Å². The van der Waals surface area contributed by atoms with Crippen molar-refractivity contribution in [3.8, 4) is 11.4 Å². The van der Waals surface area contributed by atoms with Crippen LogP contribution in [0.4, 0.5) is 4.39 Å². The van der Waals surface area contributed by atoms with Crippen LogP contribution in [0.2, 0.25) is 0 Å². The number of nitrogens with zero attached hydrogens (tertiary/aromatic N) is 4. The summed E-state index contributed by atoms with van der Waals surface area (Å²) in [5, 5.41) is 13.1. The second-order valence-corrected chi connectivity index (χ2v) is 6.46. The zero-order chi connectivity index (χ0) is 17.8. The first-order valence-corrected chi connectivity index (χ1v) is 8.82. The maximum Gasteiger partial charge on any atom is 0.319 e. The van der Waals surface area contributed by atoms with Gasteiger partial charge in [-0.3, -0.25) is 4.79 Å². The van der Waals surface area contributed by atoms with E-state index in [1.807, 2.05) is 6.92 Å². The van der Waals surface area contributed by atoms with Crippen molar-refractivity contribution in [3.63, 3.8) is 0 Å². The molecule has 0 radical (unpaired) electrons. The first-order valence-electron chi connectivity index (χ1n) is 7.94. The van der Waals surface area contributed by atoms with Crippen LogP contribution < -0.4 is 0 Å². The van der Waals surface area contributed by atoms with Crippen LogP contribution in [0.1, 0.15) is 20.3 Å². The monoisotopic (exact) mass is 360 g/mol. The maximum atomic E-state index is 13.1. The predicted octanol–water partition coefficient (Wildman–Crippen LogP) is 3.36. The van der Waals surface area contributed by atoms with E-state index in [1.54, 1.807) is 35.7 Å². The number of halogens is 1. The lowest BCUT2D eigenvalue weighted by Crippen LogP contribution is -2.19. The molecule has 0 fully saturated rings. The zero-order valence-corrected chi connectivity index (χ0v) is 14.7. The molecule has 3 aromatic rings. The Balaban J connectivity index is 1.92. The summed E-state index contributed by atoms with van der Waals surface area (Å²) in [6.45, 7) is 4.06. The van der Waals surface area contributed by atoms with Crippen LogP contribution in [0.25, 0.3) is 17.0 Å². The van der Waals surface area contributed by atoms with E-state index >= 15 is 0 Å². The highest BCUT2D eigenvalue weighted by molar-refractivity contribution is 8.00. The van der Waals surface area contributed by atoms with Crippen LogP contribution in [0.15, 0.2) is 41.4 Å². The van der Waals surface area contributed by atoms with E-state index in [0.29, 0.717) is 35.1 Å². The predicted molar refractivity (Wildman–Crippen MR) is 92.7 cm³/mol. The lowest BCUT2D eigenvalue weighted by atomic mass is 10.2. The molecule has 0 aliphatic rings. The molecule has 130 valence electrons. The standard InChI is InChI=1S/C17H17FN4O2S/c1-3-13(17(23)24-4-2)25-15-10-9-14-19-20-16(22(14)21-15)11-5-7-12(18)8-6-11/h5-10,13H,3-4H2,1-2H3/t13-/m1/s1. The summed E-state index contributed by atoms with van der Waals surface area (Å²) < 4.78 is 19.8. The number of ether oxygens (including phenoxy) is 1. The number of carbonyl (C=O) groups is 1. The molecule has 2 heterocycles. The van der Waals surface area contributed by atoms with Gasteiger partial charge < -0.3 is 4.74 Å². The van der Waals surface area contributed by atoms with Crippen molar-refractivity contribution in [2.45, 2.75) is 30.5 Å². The van der Waals surface area contributed by atoms with Gasteiger partial charge in [0.25, 0.3) is 0 Å². The Morgan fingerprint density at radius 2 is 1.96 bits per heavy atom. The smallest absolute Gasteiger partial charge is 0.319 e. The molecule has 0 saturated carbocycles. The van der Waals surface area contributed by atoms with E-state index in [0.717, 1.165) is 0 Å². The Hall–Kier alpha value is -2.48. The number of hydrogen-bond donors (Lipinski definition) is 0. The highest BCUT2D eigenvalue weighted by Crippen LogP contribution is 2.26. The molecule has 3 rings (SSSR count). The van der Waals surface area contributed by atoms with Crippen molar-refractivity contribution in [1.82, 2.24) is 19.8 Å². The first-order chi connectivity index (χ1) is 12.1. The van der Waals surface area contributed by atoms with Crippen LogP contribution in [-0.2, 0) is 9.53 Å². The molecule has 0 aliphatic carbocycles. The van der Waals surface area contributed by atoms with Crippen LogP contribution >= 0.6 is 11.8 Å². The maximum absolute atomic E-state index is 13.1. The van der Waals surface area contributed by atoms with Crippen molar-refractivity contribution in [3.05, 3.63) is 42.2 Å². The van der Waals surface area contributed by atoms with Gasteiger partial charge in [-0.15, -0.1) is 10.2 Å². The van der Waals surface area contributed by atoms with Crippen LogP contribution in [0.5, 0.6) is 0 Å². The molecule has 0 aliphatic heterocycles. The van der Waals surface area contributed by atoms with Gasteiger partial charge in [0.1, 0.15) is 16.1 Å². The van der Waals surface area contributed by atoms with Crippen molar-refractivity contribution in [2.75, 3.05) is 6.61 Å². The molecule has 1 atom stereocenters. The largest absolute Gasteiger partial charge is 0.465 e. The second-order valence-electron chi connectivity index (χ2n) is 5.24. The van der Waals surface area contributed by atoms with Gasteiger partial charge >= 0.3 is 5.97 Å². The van der Waals surface area contributed by atoms with Crippen molar-refractivity contribution < 1.29 is 13.9 Å². The number of thioether (sulfide) groups is 1. The average Bonchev–Trinajstić information content (AvgIpc) is 3.03. The topological polar surface area (TPSA) is 69.4 Å². The third kappa shape index (κ3) is 3.79. The minimum atomic E-state index is -0.323. The summed E-state index contributed by atoms with van der Waals surface area (Å²) in [5.74, 6) is -0.0527. The van der Waals surface area contributed by atoms with E-state index < -0.39 is 0 Å². The number of fused-ring (bicyclic) bond motifs is 1. The Morgan fingerprint density at radius 3 is 2.64 bits per heavy atom. The molecule has 0 N–H and O–H groups in total. The summed E-state index contributed by atoms with van der Waals surface area (Å²) in [5.41, 5.74) is 1.29. The fourth-order valence-electron chi connectivity index (χ4n) is 2.29. The Labute approximate surface area is 148 Å². The van der Waals surface area contributed by atoms with Crippen molar-refractivity contribution in [1.29, 1.82) is 0 Å². The van der Waals surface area contributed by atoms with Gasteiger partial charge in [-0.2, -0.15) is 9.61 Å². The molecule has 6 nitrogen and oxygen atoms in total. The molecular formula is C17H17FN4O2S. The summed E-state index contributed by atoms with van der Waals surface area (Å²) in [4.78, 5) is 12.0. The fourth-order valence-corrected chi connectivity index (χ4v) is 3.19. The van der Waals surface area contributed by atoms with Gasteiger partial charge in [-0.05, 0) is 49.7 Å². The van der Waals surface area contributed by atoms with Crippen LogP contribution in [0, 0.1) is 5.82 Å². The van der Waals surface area contributed by atoms with E-state index in [2.05, 4.69) is 15.3 Å². The highest BCUT2D eigenvalue weighted by Gasteiger charge is 2.20. The molecule has 1 aromatic carbocycles. The van der Waals surface area contributed by atoms with Gasteiger partial charge in [0.15, 0.2) is 11.5 Å². The average molecular weight is 360 g/mol. The second kappa shape index (κ2) is 7.60. The molecular weight excluding hydrogens is 343 g/mol. The van der Waals surface area contributed by atoms with E-state index in [-0.39, 0.29) is 17.0 Å². The molecule has 25 heavy (non-hydrogen) atoms. The molecule has 8 heteroatoms. The molecule has 0 bridgehead atoms. The van der Waals surface area contributed by atoms with E-state index in [9.17, 15) is 9.18 Å². The number of rotatable bonds is 6. The minimum absolute atomic E-state index is 0.251. The van der Waals surface area contributed by atoms with Crippen LogP contribution in [0.3, 0.4) is 0 Å². The van der Waals surface area contributed by atoms with Gasteiger partial charge in [0.05, 0.1) is 6.61 Å². The quantitative estimate of drug-likeness (QED) is 0.496. The molecule has 0 spiro atoms. The van der Waals surface area contributed by atoms with Gasteiger partial charge in [-0.1, -0.05) is 18.7 Å². The first kappa shape index (κ1) is 17.3. The third-order valence-corrected chi connectivity index (χ3v) is 4.79. The van der Waals surface area contributed by atoms with Gasteiger partial charge in [0, 0.05) is 5.56 Å². The molecule has 0 saturated heterocycles. The van der Waals surface area contributed by atoms with Crippen molar-refractivity contribution in [2.24, 2.45) is 0 Å². The SMILES string of the molecule is CCOC(=O)[C@@H](CC)Sc1ccc2nnc(-c3ccc(F)cc3)n2n1. The summed E-state index contributed by atoms with van der Waals surface area (Å²) in [7, 11) is 0. The number of carbonyl (C=O) groups excluding carboxylic acids is 1. The number of aromatic nitrogens is 4. The highest BCUT2D eigenvalue weighted by atomic mass is 32.2. The number of benzene rings is 1. The number of esters is 1. The third-order valence-electron chi connectivity index (χ3n) is 3.52. The lowest BCUT2D eigenvalue weighted by molar-refractivity contribution is -0.142. The Bertz CT molecular complexity index is 882. The summed E-state index contributed by atoms with van der Waals surface area (Å²) in [6.07, 6.45) is 0.635. The van der Waals surface area contributed by atoms with Gasteiger partial charge in [-0.25, -0.2) is 4.39 Å². The van der Waals surface area contributed by atoms with Crippen LogP contribution in [-0.4, -0.2) is 37.6 Å². The Kier molecular flexibility index (Phi) is 5.28. The summed E-state index contributed by atoms with van der Waals surface area (Å²) in [6, 6.07) is 9.56. The Morgan fingerprint density at radius 1 is 1.20 bits per heavy atom. The minimum Gasteiger partial charge on any atom is -0.465 e. The lowest BCUT2D eigenvalue weighted by Gasteiger charge is -2.12. The molecule has 2 aromatic heterocycles. The van der Waals surface area contributed by atoms with Gasteiger partial charge in [0.2, 0.25) is 0 Å². The normalized spacial score (nSPS) is 12.3. The zero-order valence-electron chi connectivity index (χ0n) is 13.8. The van der Waals surface area contributed by atoms with E-state index in [1.165, 1.54) is 23.9 Å².